The lowest BCUT2D eigenvalue weighted by atomic mass is 9.82. The minimum Gasteiger partial charge on any atom is -0.307 e. The van der Waals surface area contributed by atoms with Crippen molar-refractivity contribution in [2.24, 2.45) is 5.92 Å². The van der Waals surface area contributed by atoms with Crippen LogP contribution >= 0.6 is 0 Å². The topological polar surface area (TPSA) is 32.3 Å². The van der Waals surface area contributed by atoms with Crippen LogP contribution in [0.1, 0.15) is 36.3 Å². The van der Waals surface area contributed by atoms with Gasteiger partial charge in [-0.05, 0) is 18.8 Å². The zero-order valence-corrected chi connectivity index (χ0v) is 10.7. The molecule has 2 heterocycles. The SMILES string of the molecule is O[N+]12CCNCc3cccc(c31)[C@H]1CCC[C@H]1C2. The van der Waals surface area contributed by atoms with E-state index < -0.39 is 0 Å². The van der Waals surface area contributed by atoms with E-state index in [1.54, 1.807) is 0 Å². The van der Waals surface area contributed by atoms with Crippen LogP contribution in [-0.2, 0) is 6.54 Å². The molecule has 0 bridgehead atoms. The van der Waals surface area contributed by atoms with Crippen molar-refractivity contribution in [2.75, 3.05) is 19.6 Å². The first-order valence-corrected chi connectivity index (χ1v) is 7.21. The molecule has 1 aromatic rings. The normalized spacial score (nSPS) is 37.8. The van der Waals surface area contributed by atoms with Crippen molar-refractivity contribution in [3.63, 3.8) is 0 Å². The molecule has 0 radical (unpaired) electrons. The first kappa shape index (κ1) is 11.0. The molecule has 3 atom stereocenters. The van der Waals surface area contributed by atoms with Crippen molar-refractivity contribution < 1.29 is 5.21 Å². The minimum absolute atomic E-state index is 0.180. The minimum atomic E-state index is 0.180. The molecular formula is C15H21N2O+. The van der Waals surface area contributed by atoms with Crippen LogP contribution in [0.5, 0.6) is 0 Å². The molecule has 0 saturated heterocycles. The fourth-order valence-electron chi connectivity index (χ4n) is 4.39. The summed E-state index contributed by atoms with van der Waals surface area (Å²) in [5, 5.41) is 14.5. The van der Waals surface area contributed by atoms with E-state index in [0.717, 1.165) is 26.2 Å². The number of nitrogens with one attached hydrogen (secondary N) is 1. The molecule has 0 aromatic heterocycles. The number of quaternary nitrogens is 1. The third-order valence-corrected chi connectivity index (χ3v) is 5.14. The second kappa shape index (κ2) is 3.80. The monoisotopic (exact) mass is 245 g/mol. The third kappa shape index (κ3) is 1.41. The number of nitrogens with zero attached hydrogens (tertiary/aromatic N) is 1. The van der Waals surface area contributed by atoms with Crippen LogP contribution in [0.15, 0.2) is 18.2 Å². The zero-order chi connectivity index (χ0) is 12.2. The molecule has 18 heavy (non-hydrogen) atoms. The lowest BCUT2D eigenvalue weighted by molar-refractivity contribution is -0.0954. The van der Waals surface area contributed by atoms with Gasteiger partial charge in [-0.3, -0.25) is 0 Å². The van der Waals surface area contributed by atoms with Gasteiger partial charge in [0.15, 0.2) is 5.69 Å². The lowest BCUT2D eigenvalue weighted by Gasteiger charge is -2.40. The van der Waals surface area contributed by atoms with Gasteiger partial charge in [0.2, 0.25) is 0 Å². The van der Waals surface area contributed by atoms with E-state index in [1.165, 1.54) is 36.1 Å². The Morgan fingerprint density at radius 2 is 2.22 bits per heavy atom. The van der Waals surface area contributed by atoms with Gasteiger partial charge >= 0.3 is 0 Å². The van der Waals surface area contributed by atoms with Crippen LogP contribution in [0.3, 0.4) is 0 Å². The molecule has 0 spiro atoms. The number of benzene rings is 1. The van der Waals surface area contributed by atoms with Gasteiger partial charge in [0, 0.05) is 30.1 Å². The Balaban J connectivity index is 1.94. The molecule has 1 saturated carbocycles. The van der Waals surface area contributed by atoms with Crippen LogP contribution in [0.2, 0.25) is 0 Å². The van der Waals surface area contributed by atoms with Crippen LogP contribution in [0.4, 0.5) is 5.69 Å². The van der Waals surface area contributed by atoms with Crippen LogP contribution in [-0.4, -0.2) is 24.8 Å². The van der Waals surface area contributed by atoms with E-state index in [2.05, 4.69) is 23.5 Å². The average Bonchev–Trinajstić information content (AvgIpc) is 2.75. The Hall–Kier alpha value is -0.900. The maximum Gasteiger partial charge on any atom is 0.173 e. The molecule has 3 heteroatoms. The molecule has 1 fully saturated rings. The molecular weight excluding hydrogens is 224 g/mol. The number of hydrogen-bond donors (Lipinski definition) is 2. The van der Waals surface area contributed by atoms with Gasteiger partial charge in [-0.2, -0.15) is 0 Å². The van der Waals surface area contributed by atoms with Gasteiger partial charge < -0.3 is 5.32 Å². The van der Waals surface area contributed by atoms with Crippen LogP contribution in [0.25, 0.3) is 0 Å². The smallest absolute Gasteiger partial charge is 0.173 e. The van der Waals surface area contributed by atoms with Gasteiger partial charge in [-0.1, -0.05) is 24.6 Å². The fraction of sp³-hybridized carbons (Fsp3) is 0.600. The highest BCUT2D eigenvalue weighted by molar-refractivity contribution is 5.59. The second-order valence-electron chi connectivity index (χ2n) is 6.16. The number of hydroxylamine groups is 2. The molecule has 2 N–H and O–H groups in total. The van der Waals surface area contributed by atoms with Crippen LogP contribution < -0.4 is 9.96 Å². The van der Waals surface area contributed by atoms with Gasteiger partial charge in [-0.15, -0.1) is 4.65 Å². The third-order valence-electron chi connectivity index (χ3n) is 5.14. The van der Waals surface area contributed by atoms with Gasteiger partial charge in [-0.25, -0.2) is 5.21 Å². The van der Waals surface area contributed by atoms with E-state index in [0.29, 0.717) is 11.8 Å². The van der Waals surface area contributed by atoms with Crippen molar-refractivity contribution in [3.8, 4) is 0 Å². The quantitative estimate of drug-likeness (QED) is 0.688. The molecule has 4 rings (SSSR count). The Morgan fingerprint density at radius 1 is 1.28 bits per heavy atom. The number of para-hydroxylation sites is 1. The summed E-state index contributed by atoms with van der Waals surface area (Å²) in [7, 11) is 0. The predicted octanol–water partition coefficient (Wildman–Crippen LogP) is 2.38. The van der Waals surface area contributed by atoms with Crippen molar-refractivity contribution in [2.45, 2.75) is 31.7 Å². The van der Waals surface area contributed by atoms with Crippen LogP contribution in [0, 0.1) is 5.92 Å². The molecule has 1 unspecified atom stereocenters. The maximum absolute atomic E-state index is 11.1. The Bertz CT molecular complexity index is 487. The van der Waals surface area contributed by atoms with Gasteiger partial charge in [0.05, 0.1) is 0 Å². The highest BCUT2D eigenvalue weighted by Gasteiger charge is 2.48. The van der Waals surface area contributed by atoms with Crippen molar-refractivity contribution in [3.05, 3.63) is 29.3 Å². The maximum atomic E-state index is 11.1. The summed E-state index contributed by atoms with van der Waals surface area (Å²) < 4.78 is 0.180. The summed E-state index contributed by atoms with van der Waals surface area (Å²) in [6.07, 6.45) is 3.94. The highest BCUT2D eigenvalue weighted by atomic mass is 16.5. The summed E-state index contributed by atoms with van der Waals surface area (Å²) in [5.74, 6) is 1.40. The van der Waals surface area contributed by atoms with Crippen molar-refractivity contribution in [1.29, 1.82) is 0 Å². The molecule has 96 valence electrons. The van der Waals surface area contributed by atoms with E-state index >= 15 is 0 Å². The first-order valence-electron chi connectivity index (χ1n) is 7.21. The molecule has 0 amide bonds. The fourth-order valence-corrected chi connectivity index (χ4v) is 4.39. The number of fused-ring (bicyclic) bond motifs is 2. The molecule has 3 nitrogen and oxygen atoms in total. The standard InChI is InChI=1S/C15H21N2O/c18-17-8-7-16-9-11-3-1-6-14(15(11)17)13-5-2-4-12(13)10-17/h1,3,6,12-13,16,18H,2,4-5,7-10H2/q+1/t12-,13-,17?/m0/s1. The van der Waals surface area contributed by atoms with Crippen molar-refractivity contribution in [1.82, 2.24) is 9.96 Å². The molecule has 1 aliphatic carbocycles. The Labute approximate surface area is 108 Å². The second-order valence-corrected chi connectivity index (χ2v) is 6.16. The lowest BCUT2D eigenvalue weighted by Crippen LogP contribution is -2.54. The Kier molecular flexibility index (Phi) is 2.31. The van der Waals surface area contributed by atoms with Gasteiger partial charge in [0.25, 0.3) is 0 Å². The van der Waals surface area contributed by atoms with E-state index in [-0.39, 0.29) is 4.65 Å². The number of rotatable bonds is 0. The average molecular weight is 245 g/mol. The first-order chi connectivity index (χ1) is 8.78. The zero-order valence-electron chi connectivity index (χ0n) is 10.7. The largest absolute Gasteiger partial charge is 0.307 e. The summed E-state index contributed by atoms with van der Waals surface area (Å²) in [5.41, 5.74) is 3.97. The summed E-state index contributed by atoms with van der Waals surface area (Å²) in [6, 6.07) is 6.61. The summed E-state index contributed by atoms with van der Waals surface area (Å²) >= 11 is 0. The number of hydrogen-bond acceptors (Lipinski definition) is 2. The summed E-state index contributed by atoms with van der Waals surface area (Å²) in [4.78, 5) is 0. The highest BCUT2D eigenvalue weighted by Crippen LogP contribution is 2.50. The summed E-state index contributed by atoms with van der Waals surface area (Å²) in [6.45, 7) is 3.55. The van der Waals surface area contributed by atoms with Gasteiger partial charge in [0.1, 0.15) is 13.1 Å². The van der Waals surface area contributed by atoms with E-state index in [9.17, 15) is 5.21 Å². The molecule has 1 aromatic carbocycles. The van der Waals surface area contributed by atoms with Crippen molar-refractivity contribution >= 4 is 5.69 Å². The Morgan fingerprint density at radius 3 is 3.17 bits per heavy atom. The van der Waals surface area contributed by atoms with E-state index in [1.807, 2.05) is 0 Å². The molecule has 3 aliphatic rings. The van der Waals surface area contributed by atoms with E-state index in [4.69, 9.17) is 0 Å². The molecule has 2 aliphatic heterocycles. The predicted molar refractivity (Wildman–Crippen MR) is 71.5 cm³/mol.